The van der Waals surface area contributed by atoms with E-state index < -0.39 is 0 Å². The van der Waals surface area contributed by atoms with Crippen LogP contribution in [0, 0.1) is 5.92 Å². The second kappa shape index (κ2) is 9.03. The summed E-state index contributed by atoms with van der Waals surface area (Å²) in [5, 5.41) is 3.42. The number of nitrogens with zero attached hydrogens (tertiary/aromatic N) is 1. The lowest BCUT2D eigenvalue weighted by Gasteiger charge is -2.20. The van der Waals surface area contributed by atoms with Crippen molar-refractivity contribution in [2.45, 2.75) is 45.4 Å². The molecule has 0 radical (unpaired) electrons. The van der Waals surface area contributed by atoms with Crippen molar-refractivity contribution in [1.82, 2.24) is 4.98 Å². The van der Waals surface area contributed by atoms with E-state index in [1.165, 1.54) is 0 Å². The predicted molar refractivity (Wildman–Crippen MR) is 82.2 cm³/mol. The summed E-state index contributed by atoms with van der Waals surface area (Å²) in [6, 6.07) is 3.82. The molecule has 1 aromatic rings. The monoisotopic (exact) mass is 284 g/mol. The van der Waals surface area contributed by atoms with Crippen molar-refractivity contribution < 1.29 is 4.74 Å². The molecular weight excluding hydrogens is 260 g/mol. The van der Waals surface area contributed by atoms with Crippen molar-refractivity contribution in [2.75, 3.05) is 18.5 Å². The SMILES string of the molecule is CCCOc1cccnc1NCC(Cl)C(CC)CC. The van der Waals surface area contributed by atoms with Crippen LogP contribution in [0.25, 0.3) is 0 Å². The average Bonchev–Trinajstić information content (AvgIpc) is 2.45. The van der Waals surface area contributed by atoms with Crippen molar-refractivity contribution in [3.05, 3.63) is 18.3 Å². The molecule has 0 bridgehead atoms. The molecule has 1 unspecified atom stereocenters. The Balaban J connectivity index is 2.56. The van der Waals surface area contributed by atoms with Gasteiger partial charge in [0, 0.05) is 12.7 Å². The van der Waals surface area contributed by atoms with E-state index >= 15 is 0 Å². The summed E-state index contributed by atoms with van der Waals surface area (Å²) in [5.41, 5.74) is 0. The summed E-state index contributed by atoms with van der Waals surface area (Å²) < 4.78 is 5.66. The molecule has 0 amide bonds. The number of anilines is 1. The van der Waals surface area contributed by atoms with Gasteiger partial charge < -0.3 is 10.1 Å². The van der Waals surface area contributed by atoms with Crippen molar-refractivity contribution in [1.29, 1.82) is 0 Å². The van der Waals surface area contributed by atoms with Gasteiger partial charge in [0.05, 0.1) is 12.0 Å². The molecule has 0 saturated heterocycles. The van der Waals surface area contributed by atoms with Gasteiger partial charge in [-0.1, -0.05) is 33.6 Å². The van der Waals surface area contributed by atoms with Crippen molar-refractivity contribution in [3.63, 3.8) is 0 Å². The van der Waals surface area contributed by atoms with Gasteiger partial charge in [0.1, 0.15) is 0 Å². The summed E-state index contributed by atoms with van der Waals surface area (Å²) >= 11 is 6.42. The minimum absolute atomic E-state index is 0.121. The standard InChI is InChI=1S/C15H25ClN2O/c1-4-10-19-14-8-7-9-17-15(14)18-11-13(16)12(5-2)6-3/h7-9,12-13H,4-6,10-11H2,1-3H3,(H,17,18). The normalized spacial score (nSPS) is 12.5. The third-order valence-electron chi connectivity index (χ3n) is 3.26. The van der Waals surface area contributed by atoms with E-state index in [0.29, 0.717) is 19.1 Å². The van der Waals surface area contributed by atoms with Gasteiger partial charge in [-0.15, -0.1) is 11.6 Å². The van der Waals surface area contributed by atoms with E-state index in [4.69, 9.17) is 16.3 Å². The van der Waals surface area contributed by atoms with Gasteiger partial charge in [0.25, 0.3) is 0 Å². The summed E-state index contributed by atoms with van der Waals surface area (Å²) in [7, 11) is 0. The second-order valence-corrected chi connectivity index (χ2v) is 5.23. The summed E-state index contributed by atoms with van der Waals surface area (Å²) in [5.74, 6) is 2.13. The Hall–Kier alpha value is -0.960. The molecule has 0 spiro atoms. The van der Waals surface area contributed by atoms with E-state index in [2.05, 4.69) is 31.1 Å². The number of aromatic nitrogens is 1. The fourth-order valence-corrected chi connectivity index (χ4v) is 2.45. The van der Waals surface area contributed by atoms with Gasteiger partial charge in [-0.3, -0.25) is 0 Å². The first-order chi connectivity index (χ1) is 9.22. The van der Waals surface area contributed by atoms with Crippen LogP contribution in [0.15, 0.2) is 18.3 Å². The number of hydrogen-bond donors (Lipinski definition) is 1. The Bertz CT molecular complexity index is 356. The smallest absolute Gasteiger partial charge is 0.168 e. The van der Waals surface area contributed by atoms with Crippen LogP contribution in [0.3, 0.4) is 0 Å². The molecule has 0 aliphatic heterocycles. The minimum Gasteiger partial charge on any atom is -0.490 e. The number of hydrogen-bond acceptors (Lipinski definition) is 3. The molecule has 4 heteroatoms. The lowest BCUT2D eigenvalue weighted by atomic mass is 9.99. The van der Waals surface area contributed by atoms with Crippen LogP contribution in [0.4, 0.5) is 5.82 Å². The molecule has 0 fully saturated rings. The molecule has 1 heterocycles. The molecule has 0 aromatic carbocycles. The third kappa shape index (κ3) is 5.27. The highest BCUT2D eigenvalue weighted by Crippen LogP contribution is 2.23. The minimum atomic E-state index is 0.121. The average molecular weight is 285 g/mol. The Morgan fingerprint density at radius 1 is 1.32 bits per heavy atom. The highest BCUT2D eigenvalue weighted by Gasteiger charge is 2.16. The Morgan fingerprint density at radius 3 is 2.68 bits per heavy atom. The van der Waals surface area contributed by atoms with E-state index in [9.17, 15) is 0 Å². The topological polar surface area (TPSA) is 34.1 Å². The first-order valence-electron chi connectivity index (χ1n) is 7.18. The fourth-order valence-electron chi connectivity index (χ4n) is 2.01. The molecule has 1 rings (SSSR count). The van der Waals surface area contributed by atoms with Gasteiger partial charge >= 0.3 is 0 Å². The zero-order valence-corrected chi connectivity index (χ0v) is 12.9. The summed E-state index contributed by atoms with van der Waals surface area (Å²) in [6.45, 7) is 7.87. The van der Waals surface area contributed by atoms with Gasteiger partial charge in [-0.05, 0) is 24.5 Å². The van der Waals surface area contributed by atoms with Crippen LogP contribution in [-0.2, 0) is 0 Å². The largest absolute Gasteiger partial charge is 0.490 e. The summed E-state index contributed by atoms with van der Waals surface area (Å²) in [6.07, 6.45) is 4.96. The molecular formula is C15H25ClN2O. The molecule has 0 aliphatic rings. The maximum atomic E-state index is 6.42. The first kappa shape index (κ1) is 16.1. The quantitative estimate of drug-likeness (QED) is 0.686. The van der Waals surface area contributed by atoms with Crippen LogP contribution in [0.2, 0.25) is 0 Å². The first-order valence-corrected chi connectivity index (χ1v) is 7.62. The number of halogens is 1. The van der Waals surface area contributed by atoms with Crippen molar-refractivity contribution in [3.8, 4) is 5.75 Å². The van der Waals surface area contributed by atoms with E-state index in [-0.39, 0.29) is 5.38 Å². The Labute approximate surface area is 121 Å². The highest BCUT2D eigenvalue weighted by atomic mass is 35.5. The highest BCUT2D eigenvalue weighted by molar-refractivity contribution is 6.21. The number of rotatable bonds is 9. The lowest BCUT2D eigenvalue weighted by molar-refractivity contribution is 0.317. The van der Waals surface area contributed by atoms with Crippen LogP contribution >= 0.6 is 11.6 Å². The summed E-state index contributed by atoms with van der Waals surface area (Å²) in [4.78, 5) is 4.32. The molecule has 3 nitrogen and oxygen atoms in total. The number of ether oxygens (including phenoxy) is 1. The molecule has 1 N–H and O–H groups in total. The van der Waals surface area contributed by atoms with E-state index in [0.717, 1.165) is 30.8 Å². The van der Waals surface area contributed by atoms with Gasteiger partial charge in [-0.2, -0.15) is 0 Å². The lowest BCUT2D eigenvalue weighted by Crippen LogP contribution is -2.23. The molecule has 0 saturated carbocycles. The molecule has 19 heavy (non-hydrogen) atoms. The van der Waals surface area contributed by atoms with Crippen molar-refractivity contribution in [2.24, 2.45) is 5.92 Å². The number of nitrogens with one attached hydrogen (secondary N) is 1. The van der Waals surface area contributed by atoms with Gasteiger partial charge in [0.15, 0.2) is 11.6 Å². The zero-order valence-electron chi connectivity index (χ0n) is 12.2. The van der Waals surface area contributed by atoms with Gasteiger partial charge in [-0.25, -0.2) is 4.98 Å². The van der Waals surface area contributed by atoms with Crippen LogP contribution in [0.5, 0.6) is 5.75 Å². The molecule has 0 aliphatic carbocycles. The fraction of sp³-hybridized carbons (Fsp3) is 0.667. The molecule has 1 atom stereocenters. The Morgan fingerprint density at radius 2 is 2.05 bits per heavy atom. The second-order valence-electron chi connectivity index (χ2n) is 4.67. The van der Waals surface area contributed by atoms with Crippen LogP contribution in [-0.4, -0.2) is 23.5 Å². The molecule has 108 valence electrons. The number of alkyl halides is 1. The van der Waals surface area contributed by atoms with Gasteiger partial charge in [0.2, 0.25) is 0 Å². The maximum Gasteiger partial charge on any atom is 0.168 e. The van der Waals surface area contributed by atoms with Crippen molar-refractivity contribution >= 4 is 17.4 Å². The predicted octanol–water partition coefficient (Wildman–Crippen LogP) is 4.33. The molecule has 1 aromatic heterocycles. The Kier molecular flexibility index (Phi) is 7.65. The van der Waals surface area contributed by atoms with E-state index in [1.807, 2.05) is 12.1 Å². The zero-order chi connectivity index (χ0) is 14.1. The van der Waals surface area contributed by atoms with Crippen LogP contribution in [0.1, 0.15) is 40.0 Å². The maximum absolute atomic E-state index is 6.42. The number of pyridine rings is 1. The third-order valence-corrected chi connectivity index (χ3v) is 3.77. The van der Waals surface area contributed by atoms with Crippen LogP contribution < -0.4 is 10.1 Å². The van der Waals surface area contributed by atoms with E-state index in [1.54, 1.807) is 6.20 Å².